The molecule has 0 N–H and O–H groups in total. The zero-order valence-corrected chi connectivity index (χ0v) is 25.8. The maximum absolute atomic E-state index is 10.5. The Balaban J connectivity index is 1.33. The molecule has 0 amide bonds. The normalized spacial score (nSPS) is 11.3. The van der Waals surface area contributed by atoms with Crippen LogP contribution in [0, 0.1) is 17.9 Å². The molecule has 0 saturated heterocycles. The molecule has 0 aliphatic heterocycles. The van der Waals surface area contributed by atoms with Gasteiger partial charge in [-0.25, -0.2) is 4.85 Å². The summed E-state index contributed by atoms with van der Waals surface area (Å²) < 4.78 is 4.55. The predicted molar refractivity (Wildman–Crippen MR) is 197 cm³/mol. The molecule has 0 unspecified atom stereocenters. The van der Waals surface area contributed by atoms with Crippen molar-refractivity contribution in [3.05, 3.63) is 175 Å². The minimum absolute atomic E-state index is 0.513. The van der Waals surface area contributed by atoms with Gasteiger partial charge in [0.1, 0.15) is 0 Å². The average molecular weight is 611 g/mol. The number of fused-ring (bicyclic) bond motifs is 6. The van der Waals surface area contributed by atoms with Crippen LogP contribution in [0.2, 0.25) is 0 Å². The molecule has 48 heavy (non-hydrogen) atoms. The molecule has 9 rings (SSSR count). The van der Waals surface area contributed by atoms with E-state index in [9.17, 15) is 5.26 Å². The molecule has 4 nitrogen and oxygen atoms in total. The quantitative estimate of drug-likeness (QED) is 0.183. The van der Waals surface area contributed by atoms with E-state index in [1.165, 1.54) is 10.8 Å². The van der Waals surface area contributed by atoms with Crippen LogP contribution in [-0.2, 0) is 0 Å². The molecule has 4 heteroatoms. The molecule has 2 aromatic heterocycles. The second kappa shape index (κ2) is 10.9. The Kier molecular flexibility index (Phi) is 6.22. The minimum Gasteiger partial charge on any atom is -0.310 e. The van der Waals surface area contributed by atoms with Crippen LogP contribution in [0.3, 0.4) is 0 Å². The van der Waals surface area contributed by atoms with Gasteiger partial charge in [-0.2, -0.15) is 5.26 Å². The molecule has 0 saturated carbocycles. The number of hydrogen-bond acceptors (Lipinski definition) is 1. The fraction of sp³-hybridized carbons (Fsp3) is 0. The van der Waals surface area contributed by atoms with E-state index in [4.69, 9.17) is 6.57 Å². The van der Waals surface area contributed by atoms with E-state index in [2.05, 4.69) is 141 Å². The third kappa shape index (κ3) is 4.07. The third-order valence-corrected chi connectivity index (χ3v) is 9.36. The fourth-order valence-electron chi connectivity index (χ4n) is 7.39. The predicted octanol–water partition coefficient (Wildman–Crippen LogP) is 11.6. The summed E-state index contributed by atoms with van der Waals surface area (Å²) in [6.45, 7) is 8.10. The summed E-state index contributed by atoms with van der Waals surface area (Å²) in [5.74, 6) is 0. The first-order valence-corrected chi connectivity index (χ1v) is 15.9. The van der Waals surface area contributed by atoms with Crippen LogP contribution in [0.5, 0.6) is 0 Å². The van der Waals surface area contributed by atoms with Crippen molar-refractivity contribution in [1.29, 1.82) is 5.26 Å². The highest BCUT2D eigenvalue weighted by atomic mass is 15.0. The highest BCUT2D eigenvalue weighted by Gasteiger charge is 2.20. The van der Waals surface area contributed by atoms with Gasteiger partial charge in [-0.1, -0.05) is 103 Å². The molecular weight excluding hydrogens is 585 g/mol. The molecule has 9 aromatic rings. The molecule has 0 atom stereocenters. The molecule has 2 heterocycles. The standard InChI is InChI=1S/C44H26N4/c1-46-31-25-30(26-32(27-31)47-39-20-7-2-14-33(39)34-15-3-8-21-40(34)47)44-29(28-45)13-12-19-38(44)37-18-6-11-24-43(37)48-41-22-9-4-16-35(41)36-17-5-10-23-42(36)48/h2-27H. The Morgan fingerprint density at radius 3 is 1.56 bits per heavy atom. The van der Waals surface area contributed by atoms with Gasteiger partial charge in [0.05, 0.1) is 46.0 Å². The number of nitrogens with zero attached hydrogens (tertiary/aromatic N) is 4. The summed E-state index contributed by atoms with van der Waals surface area (Å²) >= 11 is 0. The Hall–Kier alpha value is -6.88. The second-order valence-corrected chi connectivity index (χ2v) is 11.9. The van der Waals surface area contributed by atoms with Crippen LogP contribution in [0.25, 0.3) is 82.1 Å². The van der Waals surface area contributed by atoms with E-state index < -0.39 is 0 Å². The van der Waals surface area contributed by atoms with Crippen LogP contribution in [0.1, 0.15) is 5.56 Å². The zero-order chi connectivity index (χ0) is 32.2. The van der Waals surface area contributed by atoms with E-state index in [1.54, 1.807) is 0 Å². The number of benzene rings is 7. The van der Waals surface area contributed by atoms with Crippen molar-refractivity contribution in [2.75, 3.05) is 0 Å². The number of nitriles is 1. The van der Waals surface area contributed by atoms with E-state index in [1.807, 2.05) is 36.4 Å². The van der Waals surface area contributed by atoms with Crippen molar-refractivity contribution in [1.82, 2.24) is 9.13 Å². The average Bonchev–Trinajstić information content (AvgIpc) is 3.67. The molecular formula is C44H26N4. The highest BCUT2D eigenvalue weighted by Crippen LogP contribution is 2.43. The van der Waals surface area contributed by atoms with Gasteiger partial charge in [-0.15, -0.1) is 0 Å². The summed E-state index contributed by atoms with van der Waals surface area (Å²) in [4.78, 5) is 3.92. The SMILES string of the molecule is [C-]#[N+]c1cc(-c2c(C#N)cccc2-c2ccccc2-n2c3ccccc3c3ccccc32)cc(-n2c3ccccc3c3ccccc32)c1. The summed E-state index contributed by atoms with van der Waals surface area (Å²) in [5.41, 5.74) is 10.9. The van der Waals surface area contributed by atoms with Gasteiger partial charge < -0.3 is 9.13 Å². The van der Waals surface area contributed by atoms with Crippen LogP contribution >= 0.6 is 0 Å². The monoisotopic (exact) mass is 610 g/mol. The summed E-state index contributed by atoms with van der Waals surface area (Å²) in [5, 5.41) is 15.2. The Morgan fingerprint density at radius 2 is 1.00 bits per heavy atom. The van der Waals surface area contributed by atoms with Crippen molar-refractivity contribution >= 4 is 49.3 Å². The maximum Gasteiger partial charge on any atom is 0.189 e. The number of aromatic nitrogens is 2. The topological polar surface area (TPSA) is 38.0 Å². The van der Waals surface area contributed by atoms with Crippen LogP contribution < -0.4 is 0 Å². The fourth-order valence-corrected chi connectivity index (χ4v) is 7.39. The lowest BCUT2D eigenvalue weighted by molar-refractivity contribution is 1.18. The van der Waals surface area contributed by atoms with Crippen molar-refractivity contribution in [3.63, 3.8) is 0 Å². The van der Waals surface area contributed by atoms with Gasteiger partial charge in [0.25, 0.3) is 0 Å². The van der Waals surface area contributed by atoms with Crippen LogP contribution in [0.15, 0.2) is 158 Å². The maximum atomic E-state index is 10.5. The van der Waals surface area contributed by atoms with Crippen molar-refractivity contribution in [2.24, 2.45) is 0 Å². The zero-order valence-electron chi connectivity index (χ0n) is 25.8. The molecule has 222 valence electrons. The lowest BCUT2D eigenvalue weighted by atomic mass is 9.89. The first-order chi connectivity index (χ1) is 23.7. The van der Waals surface area contributed by atoms with Gasteiger partial charge in [-0.05, 0) is 65.7 Å². The smallest absolute Gasteiger partial charge is 0.189 e. The Labute approximate surface area is 277 Å². The van der Waals surface area contributed by atoms with Gasteiger partial charge in [0.15, 0.2) is 5.69 Å². The van der Waals surface area contributed by atoms with E-state index >= 15 is 0 Å². The molecule has 0 bridgehead atoms. The van der Waals surface area contributed by atoms with Gasteiger partial charge >= 0.3 is 0 Å². The van der Waals surface area contributed by atoms with Crippen molar-refractivity contribution in [3.8, 4) is 39.7 Å². The molecule has 7 aromatic carbocycles. The van der Waals surface area contributed by atoms with Gasteiger partial charge in [-0.3, -0.25) is 0 Å². The minimum atomic E-state index is 0.513. The molecule has 0 spiro atoms. The van der Waals surface area contributed by atoms with Crippen LogP contribution in [0.4, 0.5) is 5.69 Å². The van der Waals surface area contributed by atoms with E-state index in [-0.39, 0.29) is 0 Å². The number of hydrogen-bond donors (Lipinski definition) is 0. The lowest BCUT2D eigenvalue weighted by Crippen LogP contribution is -1.99. The molecule has 0 aliphatic carbocycles. The second-order valence-electron chi connectivity index (χ2n) is 11.9. The summed E-state index contributed by atoms with van der Waals surface area (Å²) in [6, 6.07) is 56.5. The number of para-hydroxylation sites is 5. The molecule has 0 fully saturated rings. The van der Waals surface area contributed by atoms with Crippen LogP contribution in [-0.4, -0.2) is 9.13 Å². The molecule has 0 radical (unpaired) electrons. The molecule has 0 aliphatic rings. The first-order valence-electron chi connectivity index (χ1n) is 15.9. The largest absolute Gasteiger partial charge is 0.310 e. The van der Waals surface area contributed by atoms with Gasteiger partial charge in [0, 0.05) is 38.4 Å². The van der Waals surface area contributed by atoms with Crippen molar-refractivity contribution < 1.29 is 0 Å². The Bertz CT molecular complexity index is 2710. The summed E-state index contributed by atoms with van der Waals surface area (Å²) in [6.07, 6.45) is 0. The Morgan fingerprint density at radius 1 is 0.500 bits per heavy atom. The third-order valence-electron chi connectivity index (χ3n) is 9.36. The van der Waals surface area contributed by atoms with E-state index in [0.29, 0.717) is 11.3 Å². The van der Waals surface area contributed by atoms with Gasteiger partial charge in [0.2, 0.25) is 0 Å². The highest BCUT2D eigenvalue weighted by molar-refractivity contribution is 6.11. The summed E-state index contributed by atoms with van der Waals surface area (Å²) in [7, 11) is 0. The lowest BCUT2D eigenvalue weighted by Gasteiger charge is -2.19. The van der Waals surface area contributed by atoms with E-state index in [0.717, 1.165) is 66.5 Å². The number of rotatable bonds is 4. The first kappa shape index (κ1) is 27.4. The van der Waals surface area contributed by atoms with Crippen molar-refractivity contribution in [2.45, 2.75) is 0 Å².